The zero-order valence-corrected chi connectivity index (χ0v) is 12.3. The lowest BCUT2D eigenvalue weighted by Crippen LogP contribution is -2.41. The van der Waals surface area contributed by atoms with E-state index in [9.17, 15) is 9.90 Å². The van der Waals surface area contributed by atoms with Crippen molar-refractivity contribution in [3.8, 4) is 5.75 Å². The molecule has 0 aliphatic rings. The molecule has 8 heteroatoms. The Labute approximate surface area is 130 Å². The minimum absolute atomic E-state index is 0.0511. The molecule has 0 heterocycles. The van der Waals surface area contributed by atoms with E-state index in [4.69, 9.17) is 29.0 Å². The van der Waals surface area contributed by atoms with Crippen LogP contribution in [-0.2, 0) is 0 Å². The number of nitrogen functional groups attached to an aromatic ring is 1. The Bertz CT molecular complexity index is 684. The van der Waals surface area contributed by atoms with Gasteiger partial charge in [-0.25, -0.2) is 0 Å². The van der Waals surface area contributed by atoms with Gasteiger partial charge in [0.2, 0.25) is 0 Å². The molecule has 0 fully saturated rings. The molecule has 0 unspecified atom stereocenters. The van der Waals surface area contributed by atoms with E-state index >= 15 is 0 Å². The number of hydrogen-bond donors (Lipinski definition) is 5. The van der Waals surface area contributed by atoms with Crippen LogP contribution in [0.3, 0.4) is 0 Å². The van der Waals surface area contributed by atoms with Gasteiger partial charge < -0.3 is 21.6 Å². The third-order valence-corrected chi connectivity index (χ3v) is 3.38. The smallest absolute Gasteiger partial charge is 0.255 e. The van der Waals surface area contributed by atoms with Crippen molar-refractivity contribution in [2.75, 3.05) is 10.7 Å². The van der Waals surface area contributed by atoms with Gasteiger partial charge in [0.1, 0.15) is 5.69 Å². The van der Waals surface area contributed by atoms with Crippen molar-refractivity contribution in [3.63, 3.8) is 0 Å². The molecule has 8 N–H and O–H groups in total. The number of amides is 1. The number of phenols is 1. The second kappa shape index (κ2) is 6.19. The van der Waals surface area contributed by atoms with Crippen molar-refractivity contribution in [3.05, 3.63) is 45.9 Å². The van der Waals surface area contributed by atoms with Gasteiger partial charge in [-0.15, -0.1) is 0 Å². The number of aromatic hydroxyl groups is 1. The summed E-state index contributed by atoms with van der Waals surface area (Å²) in [7, 11) is 0. The molecular formula is C13H13Cl2N4O2+. The highest BCUT2D eigenvalue weighted by molar-refractivity contribution is 6.37. The molecule has 0 saturated heterocycles. The fourth-order valence-electron chi connectivity index (χ4n) is 1.69. The van der Waals surface area contributed by atoms with Crippen molar-refractivity contribution < 1.29 is 15.6 Å². The van der Waals surface area contributed by atoms with Gasteiger partial charge in [0.05, 0.1) is 10.0 Å². The van der Waals surface area contributed by atoms with Crippen molar-refractivity contribution in [2.45, 2.75) is 0 Å². The van der Waals surface area contributed by atoms with Crippen LogP contribution in [0.25, 0.3) is 0 Å². The van der Waals surface area contributed by atoms with Gasteiger partial charge in [-0.2, -0.15) is 0 Å². The zero-order valence-electron chi connectivity index (χ0n) is 10.8. The number of phenolic OH excluding ortho intramolecular Hbond substituents is 1. The summed E-state index contributed by atoms with van der Waals surface area (Å²) in [6.45, 7) is 0. The van der Waals surface area contributed by atoms with E-state index in [1.165, 1.54) is 12.1 Å². The highest BCUT2D eigenvalue weighted by Crippen LogP contribution is 2.34. The standard InChI is InChI=1S/C13H12Cl2N4O2/c14-8-4-7(5-9(15)12(8)20)18-13(21)6-1-2-10(16)11(3-6)19-17/h1-5,19-20H,16-17H2,(H,18,21)/p+1. The summed E-state index contributed by atoms with van der Waals surface area (Å²) in [6.07, 6.45) is 0. The summed E-state index contributed by atoms with van der Waals surface area (Å²) in [4.78, 5) is 12.2. The molecule has 0 spiro atoms. The number of halogens is 2. The molecule has 2 rings (SSSR count). The maximum Gasteiger partial charge on any atom is 0.255 e. The molecule has 6 nitrogen and oxygen atoms in total. The summed E-state index contributed by atoms with van der Waals surface area (Å²) >= 11 is 11.6. The number of quaternary nitrogens is 1. The highest BCUT2D eigenvalue weighted by Gasteiger charge is 2.12. The summed E-state index contributed by atoms with van der Waals surface area (Å²) in [5.41, 5.74) is 8.21. The zero-order chi connectivity index (χ0) is 15.6. The number of carbonyl (C=O) groups is 1. The number of nitrogens with one attached hydrogen (secondary N) is 2. The van der Waals surface area contributed by atoms with E-state index in [1.54, 1.807) is 18.2 Å². The Balaban J connectivity index is 2.26. The summed E-state index contributed by atoms with van der Waals surface area (Å²) in [6, 6.07) is 7.65. The normalized spacial score (nSPS) is 10.3. The fraction of sp³-hybridized carbons (Fsp3) is 0. The average molecular weight is 328 g/mol. The van der Waals surface area contributed by atoms with Gasteiger partial charge in [0, 0.05) is 17.3 Å². The maximum atomic E-state index is 12.2. The molecule has 1 amide bonds. The van der Waals surface area contributed by atoms with E-state index < -0.39 is 0 Å². The number of benzene rings is 2. The second-order valence-electron chi connectivity index (χ2n) is 4.26. The highest BCUT2D eigenvalue weighted by atomic mass is 35.5. The first kappa shape index (κ1) is 15.4. The lowest BCUT2D eigenvalue weighted by molar-refractivity contribution is -0.253. The molecule has 21 heavy (non-hydrogen) atoms. The monoisotopic (exact) mass is 327 g/mol. The summed E-state index contributed by atoms with van der Waals surface area (Å²) < 4.78 is 0. The molecule has 0 aliphatic heterocycles. The molecule has 0 aliphatic carbocycles. The molecule has 0 saturated carbocycles. The van der Waals surface area contributed by atoms with E-state index in [0.29, 0.717) is 22.6 Å². The molecule has 110 valence electrons. The largest absolute Gasteiger partial charge is 0.505 e. The van der Waals surface area contributed by atoms with E-state index in [-0.39, 0.29) is 21.7 Å². The van der Waals surface area contributed by atoms with Crippen molar-refractivity contribution in [2.24, 2.45) is 5.84 Å². The Morgan fingerprint density at radius 3 is 2.38 bits per heavy atom. The Morgan fingerprint density at radius 2 is 1.81 bits per heavy atom. The summed E-state index contributed by atoms with van der Waals surface area (Å²) in [5, 5.41) is 12.2. The minimum atomic E-state index is -0.371. The van der Waals surface area contributed by atoms with Crippen LogP contribution in [0.1, 0.15) is 10.4 Å². The van der Waals surface area contributed by atoms with Crippen molar-refractivity contribution in [1.29, 1.82) is 0 Å². The molecule has 2 aromatic carbocycles. The molecule has 0 atom stereocenters. The third-order valence-electron chi connectivity index (χ3n) is 2.80. The van der Waals surface area contributed by atoms with Crippen LogP contribution >= 0.6 is 23.2 Å². The van der Waals surface area contributed by atoms with Gasteiger partial charge >= 0.3 is 0 Å². The summed E-state index contributed by atoms with van der Waals surface area (Å²) in [5.74, 6) is 4.74. The average Bonchev–Trinajstić information content (AvgIpc) is 2.45. The predicted molar refractivity (Wildman–Crippen MR) is 82.9 cm³/mol. The number of anilines is 2. The first-order valence-corrected chi connectivity index (χ1v) is 6.60. The van der Waals surface area contributed by atoms with Gasteiger partial charge in [-0.3, -0.25) is 10.6 Å². The Hall–Kier alpha value is -1.99. The number of rotatable bonds is 3. The van der Waals surface area contributed by atoms with Crippen LogP contribution in [0.2, 0.25) is 10.0 Å². The van der Waals surface area contributed by atoms with Crippen LogP contribution in [-0.4, -0.2) is 11.0 Å². The van der Waals surface area contributed by atoms with E-state index in [2.05, 4.69) is 16.5 Å². The van der Waals surface area contributed by atoms with Gasteiger partial charge in [0.25, 0.3) is 5.91 Å². The molecule has 0 radical (unpaired) electrons. The first-order valence-electron chi connectivity index (χ1n) is 5.84. The van der Waals surface area contributed by atoms with E-state index in [0.717, 1.165) is 0 Å². The number of hydrogen-bond acceptors (Lipinski definition) is 4. The third kappa shape index (κ3) is 3.37. The lowest BCUT2D eigenvalue weighted by atomic mass is 10.1. The SMILES string of the molecule is NNc1cc(C(=O)Nc2cc(Cl)c(O)c(Cl)c2)ccc1[NH3+]. The lowest BCUT2D eigenvalue weighted by Gasteiger charge is -2.09. The van der Waals surface area contributed by atoms with Crippen LogP contribution in [0, 0.1) is 0 Å². The van der Waals surface area contributed by atoms with Crippen molar-refractivity contribution in [1.82, 2.24) is 0 Å². The molecular weight excluding hydrogens is 315 g/mol. The number of carbonyl (C=O) groups excluding carboxylic acids is 1. The minimum Gasteiger partial charge on any atom is -0.505 e. The number of nitrogens with two attached hydrogens (primary N) is 1. The predicted octanol–water partition coefficient (Wildman–Crippen LogP) is 2.11. The van der Waals surface area contributed by atoms with Crippen molar-refractivity contribution >= 4 is 46.2 Å². The van der Waals surface area contributed by atoms with Gasteiger partial charge in [0.15, 0.2) is 11.4 Å². The fourth-order valence-corrected chi connectivity index (χ4v) is 2.18. The van der Waals surface area contributed by atoms with Crippen LogP contribution in [0.4, 0.5) is 17.1 Å². The molecule has 0 aromatic heterocycles. The topological polar surface area (TPSA) is 115 Å². The van der Waals surface area contributed by atoms with Crippen LogP contribution in [0.5, 0.6) is 5.75 Å². The Kier molecular flexibility index (Phi) is 4.54. The Morgan fingerprint density at radius 1 is 1.19 bits per heavy atom. The molecule has 2 aromatic rings. The van der Waals surface area contributed by atoms with Crippen LogP contribution < -0.4 is 22.3 Å². The van der Waals surface area contributed by atoms with Gasteiger partial charge in [-0.05, 0) is 24.3 Å². The first-order chi connectivity index (χ1) is 9.92. The quantitative estimate of drug-likeness (QED) is 0.337. The van der Waals surface area contributed by atoms with E-state index in [1.807, 2.05) is 0 Å². The van der Waals surface area contributed by atoms with Gasteiger partial charge in [-0.1, -0.05) is 23.2 Å². The molecule has 0 bridgehead atoms. The van der Waals surface area contributed by atoms with Crippen LogP contribution in [0.15, 0.2) is 30.3 Å². The maximum absolute atomic E-state index is 12.2. The second-order valence-corrected chi connectivity index (χ2v) is 5.07. The number of hydrazine groups is 1.